The molecular formula is C23H28N2O4. The van der Waals surface area contributed by atoms with E-state index in [1.807, 2.05) is 40.1 Å². The molecule has 2 heterocycles. The molecule has 2 atom stereocenters. The number of para-hydroxylation sites is 1. The number of ether oxygens (including phenoxy) is 2. The van der Waals surface area contributed by atoms with Crippen LogP contribution in [0.2, 0.25) is 0 Å². The van der Waals surface area contributed by atoms with Crippen LogP contribution in [0.3, 0.4) is 0 Å². The van der Waals surface area contributed by atoms with Crippen molar-refractivity contribution >= 4 is 11.6 Å². The molecule has 2 aliphatic rings. The molecule has 0 aliphatic carbocycles. The van der Waals surface area contributed by atoms with Gasteiger partial charge in [0.1, 0.15) is 11.5 Å². The van der Waals surface area contributed by atoms with Crippen LogP contribution in [0.25, 0.3) is 0 Å². The van der Waals surface area contributed by atoms with Gasteiger partial charge in [-0.2, -0.15) is 0 Å². The van der Waals surface area contributed by atoms with Gasteiger partial charge in [-0.15, -0.1) is 0 Å². The number of carbonyl (C=O) groups excluding carboxylic acids is 1. The molecule has 0 radical (unpaired) electrons. The quantitative estimate of drug-likeness (QED) is 0.861. The Kier molecular flexibility index (Phi) is 5.48. The van der Waals surface area contributed by atoms with Gasteiger partial charge in [0.2, 0.25) is 5.91 Å². The van der Waals surface area contributed by atoms with Crippen molar-refractivity contribution in [3.05, 3.63) is 53.1 Å². The van der Waals surface area contributed by atoms with E-state index in [2.05, 4.69) is 13.0 Å². The topological polar surface area (TPSA) is 62.2 Å². The number of aryl methyl sites for hydroxylation is 1. The van der Waals surface area contributed by atoms with Crippen molar-refractivity contribution in [2.24, 2.45) is 0 Å². The summed E-state index contributed by atoms with van der Waals surface area (Å²) >= 11 is 0. The number of β-amino-alcohol motifs (C(OH)–C–C–N with tert-alkyl or cyclic N) is 1. The van der Waals surface area contributed by atoms with Crippen molar-refractivity contribution in [2.75, 3.05) is 32.2 Å². The molecule has 2 aromatic carbocycles. The minimum Gasteiger partial charge on any atom is -0.496 e. The molecule has 6 nitrogen and oxygen atoms in total. The summed E-state index contributed by atoms with van der Waals surface area (Å²) in [6.07, 6.45) is 1.22. The summed E-state index contributed by atoms with van der Waals surface area (Å²) < 4.78 is 10.9. The fourth-order valence-electron chi connectivity index (χ4n) is 4.60. The Bertz CT molecular complexity index is 914. The molecule has 0 fully saturated rings. The van der Waals surface area contributed by atoms with Crippen LogP contribution in [0.15, 0.2) is 36.4 Å². The summed E-state index contributed by atoms with van der Waals surface area (Å²) in [5.41, 5.74) is 3.86. The van der Waals surface area contributed by atoms with Crippen LogP contribution in [0.1, 0.15) is 36.1 Å². The van der Waals surface area contributed by atoms with Crippen molar-refractivity contribution in [1.29, 1.82) is 0 Å². The Morgan fingerprint density at radius 2 is 1.86 bits per heavy atom. The SMILES string of the molecule is COc1ccc(OC)c2c1CN(CC(=O)N1c3ccccc3CC[C@H]1C)C[C@@H]2O. The number of aliphatic hydroxyl groups excluding tert-OH is 1. The Labute approximate surface area is 171 Å². The van der Waals surface area contributed by atoms with Crippen molar-refractivity contribution in [1.82, 2.24) is 4.90 Å². The van der Waals surface area contributed by atoms with E-state index >= 15 is 0 Å². The average molecular weight is 396 g/mol. The van der Waals surface area contributed by atoms with E-state index in [9.17, 15) is 9.90 Å². The number of methoxy groups -OCH3 is 2. The van der Waals surface area contributed by atoms with Crippen molar-refractivity contribution < 1.29 is 19.4 Å². The van der Waals surface area contributed by atoms with E-state index in [1.54, 1.807) is 14.2 Å². The molecule has 1 N–H and O–H groups in total. The van der Waals surface area contributed by atoms with Gasteiger partial charge in [0.05, 0.1) is 26.9 Å². The third kappa shape index (κ3) is 3.58. The lowest BCUT2D eigenvalue weighted by molar-refractivity contribution is -0.120. The van der Waals surface area contributed by atoms with E-state index in [4.69, 9.17) is 9.47 Å². The molecule has 4 rings (SSSR count). The number of hydrogen-bond donors (Lipinski definition) is 1. The standard InChI is InChI=1S/C23H28N2O4/c1-15-8-9-16-6-4-5-7-18(16)25(15)22(27)14-24-12-17-20(28-2)10-11-21(29-3)23(17)19(26)13-24/h4-7,10-11,15,19,26H,8-9,12-14H2,1-3H3/t15-,19+/m1/s1. The zero-order valence-electron chi connectivity index (χ0n) is 17.2. The molecule has 1 amide bonds. The van der Waals surface area contributed by atoms with Gasteiger partial charge in [-0.1, -0.05) is 18.2 Å². The average Bonchev–Trinajstić information content (AvgIpc) is 2.72. The molecule has 29 heavy (non-hydrogen) atoms. The molecule has 0 saturated carbocycles. The number of carbonyl (C=O) groups is 1. The normalized spacial score (nSPS) is 21.3. The number of amides is 1. The van der Waals surface area contributed by atoms with Crippen LogP contribution in [0.4, 0.5) is 5.69 Å². The van der Waals surface area contributed by atoms with Crippen LogP contribution >= 0.6 is 0 Å². The number of hydrogen-bond acceptors (Lipinski definition) is 5. The summed E-state index contributed by atoms with van der Waals surface area (Å²) in [6, 6.07) is 11.9. The van der Waals surface area contributed by atoms with Crippen molar-refractivity contribution in [3.8, 4) is 11.5 Å². The predicted octanol–water partition coefficient (Wildman–Crippen LogP) is 2.92. The minimum absolute atomic E-state index is 0.0576. The molecule has 0 unspecified atom stereocenters. The van der Waals surface area contributed by atoms with Gasteiger partial charge in [-0.05, 0) is 43.5 Å². The first kappa shape index (κ1) is 19.7. The highest BCUT2D eigenvalue weighted by Gasteiger charge is 2.33. The number of aliphatic hydroxyl groups is 1. The Hall–Kier alpha value is -2.57. The molecule has 2 aromatic rings. The second kappa shape index (κ2) is 8.05. The Morgan fingerprint density at radius 1 is 1.14 bits per heavy atom. The largest absolute Gasteiger partial charge is 0.496 e. The van der Waals surface area contributed by atoms with Crippen molar-refractivity contribution in [2.45, 2.75) is 38.5 Å². The lowest BCUT2D eigenvalue weighted by Crippen LogP contribution is -2.48. The smallest absolute Gasteiger partial charge is 0.241 e. The zero-order valence-corrected chi connectivity index (χ0v) is 17.2. The van der Waals surface area contributed by atoms with Gasteiger partial charge >= 0.3 is 0 Å². The zero-order chi connectivity index (χ0) is 20.5. The van der Waals surface area contributed by atoms with Gasteiger partial charge in [-0.25, -0.2) is 0 Å². The van der Waals surface area contributed by atoms with Gasteiger partial charge in [-0.3, -0.25) is 9.69 Å². The summed E-state index contributed by atoms with van der Waals surface area (Å²) in [4.78, 5) is 17.2. The van der Waals surface area contributed by atoms with Gasteiger partial charge in [0.15, 0.2) is 0 Å². The van der Waals surface area contributed by atoms with Crippen LogP contribution in [-0.4, -0.2) is 49.3 Å². The highest BCUT2D eigenvalue weighted by molar-refractivity contribution is 5.96. The van der Waals surface area contributed by atoms with E-state index < -0.39 is 6.10 Å². The van der Waals surface area contributed by atoms with Gasteiger partial charge in [0.25, 0.3) is 0 Å². The summed E-state index contributed by atoms with van der Waals surface area (Å²) in [5.74, 6) is 1.41. The summed E-state index contributed by atoms with van der Waals surface area (Å²) in [5, 5.41) is 10.8. The number of nitrogens with zero attached hydrogens (tertiary/aromatic N) is 2. The predicted molar refractivity (Wildman–Crippen MR) is 111 cm³/mol. The first-order valence-electron chi connectivity index (χ1n) is 10.1. The van der Waals surface area contributed by atoms with Crippen LogP contribution in [-0.2, 0) is 17.8 Å². The van der Waals surface area contributed by atoms with Crippen LogP contribution in [0, 0.1) is 0 Å². The molecule has 0 bridgehead atoms. The summed E-state index contributed by atoms with van der Waals surface area (Å²) in [7, 11) is 3.21. The number of anilines is 1. The monoisotopic (exact) mass is 396 g/mol. The number of benzene rings is 2. The van der Waals surface area contributed by atoms with E-state index in [-0.39, 0.29) is 18.5 Å². The maximum Gasteiger partial charge on any atom is 0.241 e. The van der Waals surface area contributed by atoms with Gasteiger partial charge < -0.3 is 19.5 Å². The second-order valence-electron chi connectivity index (χ2n) is 7.83. The van der Waals surface area contributed by atoms with Crippen LogP contribution < -0.4 is 14.4 Å². The highest BCUT2D eigenvalue weighted by atomic mass is 16.5. The van der Waals surface area contributed by atoms with Crippen LogP contribution in [0.5, 0.6) is 11.5 Å². The molecule has 6 heteroatoms. The third-order valence-electron chi connectivity index (χ3n) is 6.01. The molecule has 0 aromatic heterocycles. The maximum atomic E-state index is 13.3. The lowest BCUT2D eigenvalue weighted by atomic mass is 9.94. The molecule has 0 spiro atoms. The van der Waals surface area contributed by atoms with Crippen molar-refractivity contribution in [3.63, 3.8) is 0 Å². The molecule has 2 aliphatic heterocycles. The van der Waals surface area contributed by atoms with E-state index in [0.717, 1.165) is 29.7 Å². The Morgan fingerprint density at radius 3 is 2.62 bits per heavy atom. The Balaban J connectivity index is 1.58. The van der Waals surface area contributed by atoms with E-state index in [1.165, 1.54) is 5.56 Å². The number of rotatable bonds is 4. The maximum absolute atomic E-state index is 13.3. The molecule has 154 valence electrons. The third-order valence-corrected chi connectivity index (χ3v) is 6.01. The van der Waals surface area contributed by atoms with Gasteiger partial charge in [0, 0.05) is 35.9 Å². The molecule has 0 saturated heterocycles. The fourth-order valence-corrected chi connectivity index (χ4v) is 4.60. The first-order chi connectivity index (χ1) is 14.0. The first-order valence-corrected chi connectivity index (χ1v) is 10.1. The minimum atomic E-state index is -0.734. The molecular weight excluding hydrogens is 368 g/mol. The second-order valence-corrected chi connectivity index (χ2v) is 7.83. The van der Waals surface area contributed by atoms with E-state index in [0.29, 0.717) is 24.6 Å². The number of fused-ring (bicyclic) bond motifs is 2. The lowest BCUT2D eigenvalue weighted by Gasteiger charge is -2.38. The fraction of sp³-hybridized carbons (Fsp3) is 0.435. The highest BCUT2D eigenvalue weighted by Crippen LogP contribution is 2.39. The summed E-state index contributed by atoms with van der Waals surface area (Å²) in [6.45, 7) is 3.26.